The number of nitrogens with one attached hydrogen (secondary N) is 2. The topological polar surface area (TPSA) is 40.7 Å². The highest BCUT2D eigenvalue weighted by Gasteiger charge is 2.01. The summed E-state index contributed by atoms with van der Waals surface area (Å²) in [6.45, 7) is 3.73. The molecule has 3 nitrogen and oxygen atoms in total. The largest absolute Gasteiger partial charge is 0.341 e. The summed E-state index contributed by atoms with van der Waals surface area (Å²) in [5.41, 5.74) is 4.71. The van der Waals surface area contributed by atoms with E-state index in [2.05, 4.69) is 46.5 Å². The fraction of sp³-hybridized carbons (Fsp3) is 0.188. The van der Waals surface area contributed by atoms with Gasteiger partial charge in [-0.15, -0.1) is 0 Å². The molecule has 0 spiro atoms. The molecule has 0 saturated heterocycles. The number of hydrogen-bond acceptors (Lipinski definition) is 2. The number of aryl methyl sites for hydroxylation is 1. The highest BCUT2D eigenvalue weighted by atomic mass is 15.0. The number of rotatable bonds is 4. The first-order chi connectivity index (χ1) is 9.31. The van der Waals surface area contributed by atoms with Gasteiger partial charge < -0.3 is 10.3 Å². The van der Waals surface area contributed by atoms with Crippen LogP contribution in [0.15, 0.2) is 48.5 Å². The van der Waals surface area contributed by atoms with Crippen molar-refractivity contribution in [3.8, 4) is 0 Å². The normalized spacial score (nSPS) is 11.0. The molecule has 3 rings (SSSR count). The molecule has 0 radical (unpaired) electrons. The van der Waals surface area contributed by atoms with E-state index in [0.717, 1.165) is 29.9 Å². The van der Waals surface area contributed by atoms with Gasteiger partial charge in [0.1, 0.15) is 5.82 Å². The SMILES string of the molecule is Cc1cccc(CNCc2nc3ccccc3[nH]2)c1. The van der Waals surface area contributed by atoms with Crippen LogP contribution in [-0.2, 0) is 13.1 Å². The maximum absolute atomic E-state index is 4.54. The predicted octanol–water partition coefficient (Wildman–Crippen LogP) is 3.16. The molecule has 0 saturated carbocycles. The summed E-state index contributed by atoms with van der Waals surface area (Å²) in [6, 6.07) is 16.6. The van der Waals surface area contributed by atoms with Crippen molar-refractivity contribution in [3.63, 3.8) is 0 Å². The minimum absolute atomic E-state index is 0.753. The Morgan fingerprint density at radius 1 is 1.05 bits per heavy atom. The number of hydrogen-bond donors (Lipinski definition) is 2. The molecule has 0 aliphatic heterocycles. The molecular formula is C16H17N3. The fourth-order valence-corrected chi connectivity index (χ4v) is 2.24. The lowest BCUT2D eigenvalue weighted by Gasteiger charge is -2.03. The lowest BCUT2D eigenvalue weighted by atomic mass is 10.1. The van der Waals surface area contributed by atoms with Crippen LogP contribution in [0, 0.1) is 6.92 Å². The number of aromatic nitrogens is 2. The smallest absolute Gasteiger partial charge is 0.121 e. The first kappa shape index (κ1) is 11.9. The van der Waals surface area contributed by atoms with Crippen molar-refractivity contribution in [1.29, 1.82) is 0 Å². The molecule has 3 aromatic rings. The van der Waals surface area contributed by atoms with Gasteiger partial charge in [0.2, 0.25) is 0 Å². The van der Waals surface area contributed by atoms with Crippen molar-refractivity contribution in [2.45, 2.75) is 20.0 Å². The molecule has 2 N–H and O–H groups in total. The Hall–Kier alpha value is -2.13. The van der Waals surface area contributed by atoms with E-state index < -0.39 is 0 Å². The maximum atomic E-state index is 4.54. The van der Waals surface area contributed by atoms with Crippen LogP contribution < -0.4 is 5.32 Å². The second-order valence-corrected chi connectivity index (χ2v) is 4.79. The Labute approximate surface area is 112 Å². The van der Waals surface area contributed by atoms with Crippen LogP contribution in [0.3, 0.4) is 0 Å². The van der Waals surface area contributed by atoms with E-state index in [1.165, 1.54) is 11.1 Å². The van der Waals surface area contributed by atoms with Gasteiger partial charge in [-0.3, -0.25) is 0 Å². The van der Waals surface area contributed by atoms with Gasteiger partial charge in [-0.05, 0) is 24.6 Å². The van der Waals surface area contributed by atoms with E-state index in [1.807, 2.05) is 24.3 Å². The zero-order valence-electron chi connectivity index (χ0n) is 11.0. The van der Waals surface area contributed by atoms with Crippen LogP contribution in [0.2, 0.25) is 0 Å². The zero-order chi connectivity index (χ0) is 13.1. The summed E-state index contributed by atoms with van der Waals surface area (Å²) in [5.74, 6) is 0.980. The molecule has 0 unspecified atom stereocenters. The van der Waals surface area contributed by atoms with E-state index in [0.29, 0.717) is 0 Å². The van der Waals surface area contributed by atoms with E-state index in [-0.39, 0.29) is 0 Å². The Morgan fingerprint density at radius 2 is 1.95 bits per heavy atom. The van der Waals surface area contributed by atoms with Crippen molar-refractivity contribution in [2.24, 2.45) is 0 Å². The van der Waals surface area contributed by atoms with Gasteiger partial charge >= 0.3 is 0 Å². The summed E-state index contributed by atoms with van der Waals surface area (Å²) in [7, 11) is 0. The Kier molecular flexibility index (Phi) is 3.29. The number of para-hydroxylation sites is 2. The lowest BCUT2D eigenvalue weighted by Crippen LogP contribution is -2.13. The third-order valence-electron chi connectivity index (χ3n) is 3.14. The second-order valence-electron chi connectivity index (χ2n) is 4.79. The molecular weight excluding hydrogens is 234 g/mol. The molecule has 1 aromatic heterocycles. The molecule has 3 heteroatoms. The average molecular weight is 251 g/mol. The van der Waals surface area contributed by atoms with Crippen molar-refractivity contribution in [1.82, 2.24) is 15.3 Å². The van der Waals surface area contributed by atoms with Crippen LogP contribution in [0.1, 0.15) is 17.0 Å². The van der Waals surface area contributed by atoms with Crippen molar-refractivity contribution in [2.75, 3.05) is 0 Å². The zero-order valence-corrected chi connectivity index (χ0v) is 11.0. The summed E-state index contributed by atoms with van der Waals surface area (Å²) < 4.78 is 0. The summed E-state index contributed by atoms with van der Waals surface area (Å²) in [6.07, 6.45) is 0. The van der Waals surface area contributed by atoms with E-state index >= 15 is 0 Å². The van der Waals surface area contributed by atoms with Gasteiger partial charge in [0, 0.05) is 6.54 Å². The highest BCUT2D eigenvalue weighted by molar-refractivity contribution is 5.74. The minimum atomic E-state index is 0.753. The van der Waals surface area contributed by atoms with Crippen molar-refractivity contribution >= 4 is 11.0 Å². The fourth-order valence-electron chi connectivity index (χ4n) is 2.24. The van der Waals surface area contributed by atoms with Crippen LogP contribution >= 0.6 is 0 Å². The van der Waals surface area contributed by atoms with E-state index in [1.54, 1.807) is 0 Å². The number of H-pyrrole nitrogens is 1. The lowest BCUT2D eigenvalue weighted by molar-refractivity contribution is 0.670. The molecule has 0 aliphatic carbocycles. The minimum Gasteiger partial charge on any atom is -0.341 e. The summed E-state index contributed by atoms with van der Waals surface area (Å²) in [5, 5.41) is 3.41. The van der Waals surface area contributed by atoms with Crippen LogP contribution in [0.5, 0.6) is 0 Å². The van der Waals surface area contributed by atoms with Crippen molar-refractivity contribution < 1.29 is 0 Å². The number of nitrogens with zero attached hydrogens (tertiary/aromatic N) is 1. The third kappa shape index (κ3) is 2.83. The predicted molar refractivity (Wildman–Crippen MR) is 77.8 cm³/mol. The molecule has 2 aromatic carbocycles. The van der Waals surface area contributed by atoms with Crippen molar-refractivity contribution in [3.05, 3.63) is 65.5 Å². The molecule has 19 heavy (non-hydrogen) atoms. The van der Waals surface area contributed by atoms with E-state index in [4.69, 9.17) is 0 Å². The number of imidazole rings is 1. The standard InChI is InChI=1S/C16H17N3/c1-12-5-4-6-13(9-12)10-17-11-16-18-14-7-2-3-8-15(14)19-16/h2-9,17H,10-11H2,1H3,(H,18,19). The average Bonchev–Trinajstić information content (AvgIpc) is 2.81. The van der Waals surface area contributed by atoms with Gasteiger partial charge in [0.15, 0.2) is 0 Å². The highest BCUT2D eigenvalue weighted by Crippen LogP contribution is 2.10. The molecule has 0 amide bonds. The van der Waals surface area contributed by atoms with Gasteiger partial charge in [0.25, 0.3) is 0 Å². The summed E-state index contributed by atoms with van der Waals surface area (Å²) >= 11 is 0. The van der Waals surface area contributed by atoms with Crippen LogP contribution in [0.4, 0.5) is 0 Å². The first-order valence-electron chi connectivity index (χ1n) is 6.51. The number of aromatic amines is 1. The maximum Gasteiger partial charge on any atom is 0.121 e. The van der Waals surface area contributed by atoms with Crippen LogP contribution in [-0.4, -0.2) is 9.97 Å². The number of fused-ring (bicyclic) bond motifs is 1. The Balaban J connectivity index is 1.63. The molecule has 0 bridgehead atoms. The molecule has 0 fully saturated rings. The van der Waals surface area contributed by atoms with E-state index in [9.17, 15) is 0 Å². The Morgan fingerprint density at radius 3 is 2.79 bits per heavy atom. The first-order valence-corrected chi connectivity index (χ1v) is 6.51. The monoisotopic (exact) mass is 251 g/mol. The van der Waals surface area contributed by atoms with Gasteiger partial charge in [0.05, 0.1) is 17.6 Å². The molecule has 96 valence electrons. The van der Waals surface area contributed by atoms with Crippen LogP contribution in [0.25, 0.3) is 11.0 Å². The third-order valence-corrected chi connectivity index (χ3v) is 3.14. The Bertz CT molecular complexity index is 652. The van der Waals surface area contributed by atoms with Gasteiger partial charge in [-0.2, -0.15) is 0 Å². The molecule has 1 heterocycles. The second kappa shape index (κ2) is 5.24. The summed E-state index contributed by atoms with van der Waals surface area (Å²) in [4.78, 5) is 7.86. The van der Waals surface area contributed by atoms with Gasteiger partial charge in [-0.1, -0.05) is 42.0 Å². The quantitative estimate of drug-likeness (QED) is 0.747. The van der Waals surface area contributed by atoms with Gasteiger partial charge in [-0.25, -0.2) is 4.98 Å². The number of benzene rings is 2. The molecule has 0 atom stereocenters. The molecule has 0 aliphatic rings.